The third-order valence-electron chi connectivity index (χ3n) is 3.21. The summed E-state index contributed by atoms with van der Waals surface area (Å²) in [5.41, 5.74) is 3.29. The third kappa shape index (κ3) is 3.48. The van der Waals surface area contributed by atoms with E-state index in [9.17, 15) is 4.79 Å². The van der Waals surface area contributed by atoms with Gasteiger partial charge in [0.15, 0.2) is 5.90 Å². The maximum absolute atomic E-state index is 11.8. The Kier molecular flexibility index (Phi) is 4.72. The molecule has 0 saturated heterocycles. The van der Waals surface area contributed by atoms with Crippen molar-refractivity contribution in [2.75, 3.05) is 14.2 Å². The van der Waals surface area contributed by atoms with Crippen molar-refractivity contribution < 1.29 is 14.3 Å². The van der Waals surface area contributed by atoms with Gasteiger partial charge in [0.1, 0.15) is 0 Å². The molecule has 0 amide bonds. The molecule has 2 aromatic carbocycles. The molecular weight excluding hydrogens is 266 g/mol. The molecule has 0 bridgehead atoms. The average Bonchev–Trinajstić information content (AvgIpc) is 2.54. The van der Waals surface area contributed by atoms with Crippen LogP contribution in [0.25, 0.3) is 11.1 Å². The van der Waals surface area contributed by atoms with Crippen molar-refractivity contribution >= 4 is 11.9 Å². The van der Waals surface area contributed by atoms with Gasteiger partial charge in [0, 0.05) is 6.42 Å². The van der Waals surface area contributed by atoms with E-state index in [0.717, 1.165) is 16.7 Å². The Morgan fingerprint density at radius 1 is 1.00 bits per heavy atom. The first kappa shape index (κ1) is 14.8. The van der Waals surface area contributed by atoms with E-state index in [1.165, 1.54) is 14.2 Å². The standard InChI is InChI=1S/C17H17NO3/c1-20-16(18)11-12-7-9-13(10-8-12)14-5-3-4-6-15(14)17(19)21-2/h3-10,18H,11H2,1-2H3. The van der Waals surface area contributed by atoms with Crippen molar-refractivity contribution in [3.63, 3.8) is 0 Å². The van der Waals surface area contributed by atoms with E-state index in [2.05, 4.69) is 0 Å². The molecule has 4 nitrogen and oxygen atoms in total. The molecule has 1 N–H and O–H groups in total. The van der Waals surface area contributed by atoms with Crippen molar-refractivity contribution in [2.45, 2.75) is 6.42 Å². The number of ether oxygens (including phenoxy) is 2. The number of rotatable bonds is 4. The van der Waals surface area contributed by atoms with Gasteiger partial charge in [0.05, 0.1) is 19.8 Å². The molecule has 0 aliphatic rings. The van der Waals surface area contributed by atoms with E-state index in [-0.39, 0.29) is 11.9 Å². The molecule has 0 aliphatic heterocycles. The molecule has 0 aliphatic carbocycles. The maximum Gasteiger partial charge on any atom is 0.338 e. The zero-order valence-electron chi connectivity index (χ0n) is 12.1. The predicted molar refractivity (Wildman–Crippen MR) is 81.7 cm³/mol. The van der Waals surface area contributed by atoms with Crippen LogP contribution < -0.4 is 0 Å². The SMILES string of the molecule is COC(=N)Cc1ccc(-c2ccccc2C(=O)OC)cc1. The van der Waals surface area contributed by atoms with Crippen LogP contribution >= 0.6 is 0 Å². The van der Waals surface area contributed by atoms with Crippen LogP contribution in [0.5, 0.6) is 0 Å². The van der Waals surface area contributed by atoms with Gasteiger partial charge in [-0.15, -0.1) is 0 Å². The Morgan fingerprint density at radius 3 is 2.29 bits per heavy atom. The van der Waals surface area contributed by atoms with Crippen LogP contribution in [-0.2, 0) is 15.9 Å². The quantitative estimate of drug-likeness (QED) is 0.532. The summed E-state index contributed by atoms with van der Waals surface area (Å²) in [5.74, 6) is -0.131. The van der Waals surface area contributed by atoms with E-state index in [4.69, 9.17) is 14.9 Å². The summed E-state index contributed by atoms with van der Waals surface area (Å²) in [6, 6.07) is 15.0. The monoisotopic (exact) mass is 283 g/mol. The van der Waals surface area contributed by atoms with Crippen LogP contribution in [-0.4, -0.2) is 26.1 Å². The van der Waals surface area contributed by atoms with Gasteiger partial charge >= 0.3 is 5.97 Å². The van der Waals surface area contributed by atoms with Gasteiger partial charge in [-0.05, 0) is 22.8 Å². The van der Waals surface area contributed by atoms with Gasteiger partial charge in [-0.2, -0.15) is 0 Å². The van der Waals surface area contributed by atoms with Crippen LogP contribution in [0, 0.1) is 5.41 Å². The molecule has 0 unspecified atom stereocenters. The normalized spacial score (nSPS) is 10.0. The second-order valence-electron chi connectivity index (χ2n) is 4.54. The number of nitrogens with one attached hydrogen (secondary N) is 1. The molecule has 2 aromatic rings. The van der Waals surface area contributed by atoms with Gasteiger partial charge < -0.3 is 9.47 Å². The third-order valence-corrected chi connectivity index (χ3v) is 3.21. The summed E-state index contributed by atoms with van der Waals surface area (Å²) in [6.07, 6.45) is 0.454. The minimum absolute atomic E-state index is 0.220. The molecule has 4 heteroatoms. The highest BCUT2D eigenvalue weighted by atomic mass is 16.5. The van der Waals surface area contributed by atoms with Crippen molar-refractivity contribution in [3.05, 3.63) is 59.7 Å². The van der Waals surface area contributed by atoms with Gasteiger partial charge in [-0.25, -0.2) is 4.79 Å². The minimum Gasteiger partial charge on any atom is -0.484 e. The van der Waals surface area contributed by atoms with E-state index in [1.54, 1.807) is 6.07 Å². The van der Waals surface area contributed by atoms with Gasteiger partial charge in [-0.3, -0.25) is 5.41 Å². The summed E-state index contributed by atoms with van der Waals surface area (Å²) < 4.78 is 9.66. The highest BCUT2D eigenvalue weighted by Gasteiger charge is 2.12. The first-order valence-corrected chi connectivity index (χ1v) is 6.53. The fraction of sp³-hybridized carbons (Fsp3) is 0.176. The Labute approximate surface area is 123 Å². The molecule has 0 radical (unpaired) electrons. The molecule has 108 valence electrons. The van der Waals surface area contributed by atoms with Crippen LogP contribution in [0.15, 0.2) is 48.5 Å². The minimum atomic E-state index is -0.351. The highest BCUT2D eigenvalue weighted by molar-refractivity contribution is 5.97. The number of esters is 1. The lowest BCUT2D eigenvalue weighted by atomic mass is 9.98. The Balaban J connectivity index is 2.31. The number of carbonyl (C=O) groups excluding carboxylic acids is 1. The molecule has 0 spiro atoms. The van der Waals surface area contributed by atoms with Crippen LogP contribution in [0.1, 0.15) is 15.9 Å². The fourth-order valence-corrected chi connectivity index (χ4v) is 2.08. The number of hydrogen-bond acceptors (Lipinski definition) is 4. The topological polar surface area (TPSA) is 59.4 Å². The lowest BCUT2D eigenvalue weighted by Gasteiger charge is -2.09. The molecule has 0 heterocycles. The molecular formula is C17H17NO3. The van der Waals surface area contributed by atoms with Crippen LogP contribution in [0.2, 0.25) is 0 Å². The molecule has 0 saturated carbocycles. The number of hydrogen-bond donors (Lipinski definition) is 1. The Hall–Kier alpha value is -2.62. The zero-order valence-corrected chi connectivity index (χ0v) is 12.1. The van der Waals surface area contributed by atoms with Crippen molar-refractivity contribution in [1.29, 1.82) is 5.41 Å². The average molecular weight is 283 g/mol. The first-order chi connectivity index (χ1) is 10.2. The lowest BCUT2D eigenvalue weighted by Crippen LogP contribution is -2.04. The van der Waals surface area contributed by atoms with Crippen molar-refractivity contribution in [3.8, 4) is 11.1 Å². The second-order valence-corrected chi connectivity index (χ2v) is 4.54. The van der Waals surface area contributed by atoms with Crippen molar-refractivity contribution in [1.82, 2.24) is 0 Å². The second kappa shape index (κ2) is 6.70. The summed E-state index contributed by atoms with van der Waals surface area (Å²) in [5, 5.41) is 7.52. The fourth-order valence-electron chi connectivity index (χ4n) is 2.08. The maximum atomic E-state index is 11.8. The van der Waals surface area contributed by atoms with Crippen LogP contribution in [0.3, 0.4) is 0 Å². The Bertz CT molecular complexity index is 647. The van der Waals surface area contributed by atoms with Crippen LogP contribution in [0.4, 0.5) is 0 Å². The van der Waals surface area contributed by atoms with E-state index in [1.807, 2.05) is 42.5 Å². The smallest absolute Gasteiger partial charge is 0.338 e. The first-order valence-electron chi connectivity index (χ1n) is 6.53. The summed E-state index contributed by atoms with van der Waals surface area (Å²) in [7, 11) is 2.86. The molecule has 21 heavy (non-hydrogen) atoms. The molecule has 0 fully saturated rings. The zero-order chi connectivity index (χ0) is 15.2. The molecule has 2 rings (SSSR count). The van der Waals surface area contributed by atoms with Crippen molar-refractivity contribution in [2.24, 2.45) is 0 Å². The largest absolute Gasteiger partial charge is 0.484 e. The lowest BCUT2D eigenvalue weighted by molar-refractivity contribution is 0.0601. The van der Waals surface area contributed by atoms with E-state index < -0.39 is 0 Å². The summed E-state index contributed by atoms with van der Waals surface area (Å²) in [6.45, 7) is 0. The summed E-state index contributed by atoms with van der Waals surface area (Å²) in [4.78, 5) is 11.8. The Morgan fingerprint density at radius 2 is 1.67 bits per heavy atom. The highest BCUT2D eigenvalue weighted by Crippen LogP contribution is 2.24. The van der Waals surface area contributed by atoms with E-state index >= 15 is 0 Å². The predicted octanol–water partition coefficient (Wildman–Crippen LogP) is 3.31. The van der Waals surface area contributed by atoms with Gasteiger partial charge in [0.25, 0.3) is 0 Å². The molecule has 0 aromatic heterocycles. The number of methoxy groups -OCH3 is 2. The van der Waals surface area contributed by atoms with E-state index in [0.29, 0.717) is 12.0 Å². The molecule has 0 atom stereocenters. The van der Waals surface area contributed by atoms with Gasteiger partial charge in [0.2, 0.25) is 0 Å². The number of benzene rings is 2. The van der Waals surface area contributed by atoms with Gasteiger partial charge in [-0.1, -0.05) is 42.5 Å². The number of carbonyl (C=O) groups is 1. The summed E-state index contributed by atoms with van der Waals surface area (Å²) >= 11 is 0.